The maximum Gasteiger partial charge on any atom is 0.193 e. The van der Waals surface area contributed by atoms with E-state index in [9.17, 15) is 0 Å². The van der Waals surface area contributed by atoms with Crippen molar-refractivity contribution in [1.82, 2.24) is 0 Å². The fourth-order valence-electron chi connectivity index (χ4n) is 1.52. The molecular weight excluding hydrogens is 188 g/mol. The molecule has 0 amide bonds. The summed E-state index contributed by atoms with van der Waals surface area (Å²) in [5.74, 6) is 0.661. The Morgan fingerprint density at radius 2 is 1.86 bits per heavy atom. The molecule has 0 saturated heterocycles. The lowest BCUT2D eigenvalue weighted by Crippen LogP contribution is -2.44. The average molecular weight is 212 g/mol. The van der Waals surface area contributed by atoms with E-state index in [4.69, 9.17) is 4.43 Å². The van der Waals surface area contributed by atoms with Crippen LogP contribution in [0, 0.1) is 5.92 Å². The average Bonchev–Trinajstić information content (AvgIpc) is 2.59. The van der Waals surface area contributed by atoms with Gasteiger partial charge in [-0.1, -0.05) is 33.8 Å². The van der Waals surface area contributed by atoms with Crippen LogP contribution in [-0.2, 0) is 4.43 Å². The molecule has 0 radical (unpaired) electrons. The molecular formula is C12H24OSi. The molecule has 2 atom stereocenters. The van der Waals surface area contributed by atoms with E-state index in [0.29, 0.717) is 11.0 Å². The van der Waals surface area contributed by atoms with E-state index < -0.39 is 8.32 Å². The molecule has 14 heavy (non-hydrogen) atoms. The largest absolute Gasteiger partial charge is 0.408 e. The third-order valence-electron chi connectivity index (χ3n) is 3.90. The zero-order chi connectivity index (χ0) is 11.2. The second-order valence-corrected chi connectivity index (χ2v) is 10.9. The lowest BCUT2D eigenvalue weighted by molar-refractivity contribution is 0.191. The maximum atomic E-state index is 6.38. The number of hydrogen-bond acceptors (Lipinski definition) is 1. The van der Waals surface area contributed by atoms with Crippen molar-refractivity contribution in [3.63, 3.8) is 0 Å². The molecule has 0 aromatic rings. The van der Waals surface area contributed by atoms with Crippen LogP contribution in [0.25, 0.3) is 0 Å². The van der Waals surface area contributed by atoms with Crippen molar-refractivity contribution in [1.29, 1.82) is 0 Å². The lowest BCUT2D eigenvalue weighted by Gasteiger charge is -2.39. The van der Waals surface area contributed by atoms with Crippen molar-refractivity contribution < 1.29 is 4.43 Å². The van der Waals surface area contributed by atoms with Gasteiger partial charge in [-0.3, -0.25) is 0 Å². The fourth-order valence-corrected chi connectivity index (χ4v) is 3.14. The number of hydrogen-bond donors (Lipinski definition) is 0. The molecule has 1 aliphatic rings. The molecule has 0 aromatic heterocycles. The third kappa shape index (κ3) is 1.96. The van der Waals surface area contributed by atoms with Gasteiger partial charge in [-0.25, -0.2) is 0 Å². The normalized spacial score (nSPS) is 32.9. The minimum atomic E-state index is -1.61. The zero-order valence-corrected chi connectivity index (χ0v) is 11.5. The van der Waals surface area contributed by atoms with Crippen molar-refractivity contribution in [3.05, 3.63) is 12.7 Å². The predicted molar refractivity (Wildman–Crippen MR) is 65.0 cm³/mol. The summed E-state index contributed by atoms with van der Waals surface area (Å²) in [4.78, 5) is 0. The van der Waals surface area contributed by atoms with Gasteiger partial charge in [0.2, 0.25) is 0 Å². The summed E-state index contributed by atoms with van der Waals surface area (Å²) in [7, 11) is -1.61. The molecule has 0 N–H and O–H groups in total. The summed E-state index contributed by atoms with van der Waals surface area (Å²) < 4.78 is 6.38. The molecule has 1 fully saturated rings. The van der Waals surface area contributed by atoms with Crippen LogP contribution in [-0.4, -0.2) is 13.9 Å². The van der Waals surface area contributed by atoms with Crippen LogP contribution >= 0.6 is 0 Å². The van der Waals surface area contributed by atoms with E-state index >= 15 is 0 Å². The summed E-state index contributed by atoms with van der Waals surface area (Å²) in [6.07, 6.45) is 3.17. The highest BCUT2D eigenvalue weighted by atomic mass is 28.4. The minimum Gasteiger partial charge on any atom is -0.408 e. The summed E-state index contributed by atoms with van der Waals surface area (Å²) >= 11 is 0. The van der Waals surface area contributed by atoms with Crippen molar-refractivity contribution in [2.45, 2.75) is 57.8 Å². The molecule has 82 valence electrons. The van der Waals surface area contributed by atoms with Crippen LogP contribution in [0.3, 0.4) is 0 Å². The van der Waals surface area contributed by atoms with Gasteiger partial charge >= 0.3 is 0 Å². The summed E-state index contributed by atoms with van der Waals surface area (Å²) in [6, 6.07) is 0. The Morgan fingerprint density at radius 1 is 1.43 bits per heavy atom. The van der Waals surface area contributed by atoms with Gasteiger partial charge in [0.1, 0.15) is 0 Å². The second kappa shape index (κ2) is 3.21. The molecule has 1 nitrogen and oxygen atoms in total. The van der Waals surface area contributed by atoms with Gasteiger partial charge in [0, 0.05) is 0 Å². The molecule has 2 heteroatoms. The summed E-state index contributed by atoms with van der Waals surface area (Å²) in [6.45, 7) is 17.6. The van der Waals surface area contributed by atoms with Crippen molar-refractivity contribution in [2.24, 2.45) is 5.92 Å². The van der Waals surface area contributed by atoms with Gasteiger partial charge in [-0.15, -0.1) is 6.58 Å². The fraction of sp³-hybridized carbons (Fsp3) is 0.833. The van der Waals surface area contributed by atoms with Crippen molar-refractivity contribution in [2.75, 3.05) is 0 Å². The Bertz CT molecular complexity index is 239. The van der Waals surface area contributed by atoms with E-state index in [1.54, 1.807) is 0 Å². The zero-order valence-electron chi connectivity index (χ0n) is 10.5. The SMILES string of the molecule is C=C[C@@]1(O[Si](C)(C)C(C)(C)C)C[C@@H]1C. The van der Waals surface area contributed by atoms with E-state index in [1.807, 2.05) is 6.08 Å². The molecule has 1 rings (SSSR count). The Labute approximate surface area is 89.7 Å². The molecule has 1 aliphatic carbocycles. The van der Waals surface area contributed by atoms with E-state index in [1.165, 1.54) is 0 Å². The Morgan fingerprint density at radius 3 is 2.07 bits per heavy atom. The van der Waals surface area contributed by atoms with Crippen LogP contribution in [0.2, 0.25) is 18.1 Å². The Hall–Kier alpha value is -0.0831. The van der Waals surface area contributed by atoms with Crippen molar-refractivity contribution in [3.8, 4) is 0 Å². The quantitative estimate of drug-likeness (QED) is 0.508. The first-order valence-electron chi connectivity index (χ1n) is 5.48. The van der Waals surface area contributed by atoms with Gasteiger partial charge < -0.3 is 4.43 Å². The molecule has 0 aliphatic heterocycles. The van der Waals surface area contributed by atoms with Crippen molar-refractivity contribution >= 4 is 8.32 Å². The van der Waals surface area contributed by atoms with Gasteiger partial charge in [0.15, 0.2) is 8.32 Å². The smallest absolute Gasteiger partial charge is 0.193 e. The van der Waals surface area contributed by atoms with Crippen LogP contribution < -0.4 is 0 Å². The van der Waals surface area contributed by atoms with Crippen LogP contribution in [0.1, 0.15) is 34.1 Å². The van der Waals surface area contributed by atoms with Crippen LogP contribution in [0.5, 0.6) is 0 Å². The molecule has 0 spiro atoms. The molecule has 0 bridgehead atoms. The minimum absolute atomic E-state index is 0.0169. The second-order valence-electron chi connectivity index (χ2n) is 6.13. The maximum absolute atomic E-state index is 6.38. The van der Waals surface area contributed by atoms with E-state index in [-0.39, 0.29) is 5.60 Å². The van der Waals surface area contributed by atoms with E-state index in [0.717, 1.165) is 6.42 Å². The molecule has 0 aromatic carbocycles. The van der Waals surface area contributed by atoms with Gasteiger partial charge in [0.05, 0.1) is 5.60 Å². The Balaban J connectivity index is 2.73. The first-order valence-corrected chi connectivity index (χ1v) is 8.39. The predicted octanol–water partition coefficient (Wildman–Crippen LogP) is 3.97. The number of rotatable bonds is 3. The third-order valence-corrected chi connectivity index (χ3v) is 8.40. The molecule has 1 saturated carbocycles. The highest BCUT2D eigenvalue weighted by Gasteiger charge is 2.55. The van der Waals surface area contributed by atoms with Gasteiger partial charge in [-0.2, -0.15) is 0 Å². The van der Waals surface area contributed by atoms with E-state index in [2.05, 4.69) is 47.4 Å². The van der Waals surface area contributed by atoms with Gasteiger partial charge in [-0.05, 0) is 30.5 Å². The summed E-state index contributed by atoms with van der Waals surface area (Å²) in [5, 5.41) is 0.297. The van der Waals surface area contributed by atoms with Crippen LogP contribution in [0.15, 0.2) is 12.7 Å². The van der Waals surface area contributed by atoms with Crippen LogP contribution in [0.4, 0.5) is 0 Å². The molecule has 0 unspecified atom stereocenters. The first-order chi connectivity index (χ1) is 6.15. The highest BCUT2D eigenvalue weighted by Crippen LogP contribution is 2.52. The monoisotopic (exact) mass is 212 g/mol. The highest BCUT2D eigenvalue weighted by molar-refractivity contribution is 6.74. The lowest BCUT2D eigenvalue weighted by atomic mass is 10.2. The topological polar surface area (TPSA) is 9.23 Å². The first kappa shape index (κ1) is 12.0. The van der Waals surface area contributed by atoms with Gasteiger partial charge in [0.25, 0.3) is 0 Å². The standard InChI is InChI=1S/C12H24OSi/c1-8-12(9-10(12)2)13-14(6,7)11(3,4)5/h8,10H,1,9H2,2-7H3/t10-,12+/m0/s1. The molecule has 0 heterocycles. The Kier molecular flexibility index (Phi) is 2.75. The summed E-state index contributed by atoms with van der Waals surface area (Å²) in [5.41, 5.74) is 0.0169.